The first-order valence-electron chi connectivity index (χ1n) is 8.20. The van der Waals surface area contributed by atoms with Crippen LogP contribution in [0.15, 0.2) is 0 Å². The molecule has 0 heterocycles. The van der Waals surface area contributed by atoms with Crippen LogP contribution in [0.5, 0.6) is 0 Å². The molecule has 0 aromatic rings. The van der Waals surface area contributed by atoms with Crippen molar-refractivity contribution in [2.75, 3.05) is 6.67 Å². The number of rotatable bonds is 2. The molecule has 0 aliphatic heterocycles. The van der Waals surface area contributed by atoms with Gasteiger partial charge < -0.3 is 0 Å². The predicted molar refractivity (Wildman–Crippen MR) is 75.0 cm³/mol. The van der Waals surface area contributed by atoms with E-state index < -0.39 is 36.8 Å². The highest BCUT2D eigenvalue weighted by molar-refractivity contribution is 4.81. The molecule has 0 N–H and O–H groups in total. The van der Waals surface area contributed by atoms with E-state index in [1.165, 1.54) is 0 Å². The summed E-state index contributed by atoms with van der Waals surface area (Å²) in [5.74, 6) is -4.50. The molecule has 138 valence electrons. The molecular formula is C16H25F7. The molecule has 0 amide bonds. The zero-order valence-electron chi connectivity index (χ0n) is 13.3. The SMILES string of the molecule is CC1CCC(C(F)(F)CF)CC1.FC1CCC(C(F)(F)F)CC1. The molecule has 0 bridgehead atoms. The largest absolute Gasteiger partial charge is 0.391 e. The molecule has 0 nitrogen and oxygen atoms in total. The highest BCUT2D eigenvalue weighted by Crippen LogP contribution is 2.39. The fourth-order valence-electron chi connectivity index (χ4n) is 3.17. The van der Waals surface area contributed by atoms with Crippen molar-refractivity contribution >= 4 is 0 Å². The van der Waals surface area contributed by atoms with Gasteiger partial charge in [-0.3, -0.25) is 0 Å². The van der Waals surface area contributed by atoms with Crippen molar-refractivity contribution < 1.29 is 30.7 Å². The minimum Gasteiger partial charge on any atom is -0.247 e. The molecule has 2 fully saturated rings. The second kappa shape index (κ2) is 8.56. The summed E-state index contributed by atoms with van der Waals surface area (Å²) in [4.78, 5) is 0. The first-order chi connectivity index (χ1) is 10.6. The quantitative estimate of drug-likeness (QED) is 0.499. The van der Waals surface area contributed by atoms with Crippen molar-refractivity contribution in [2.24, 2.45) is 17.8 Å². The van der Waals surface area contributed by atoms with Crippen molar-refractivity contribution in [3.8, 4) is 0 Å². The summed E-state index contributed by atoms with van der Waals surface area (Å²) in [7, 11) is 0. The molecule has 0 atom stereocenters. The van der Waals surface area contributed by atoms with E-state index in [0.29, 0.717) is 18.8 Å². The summed E-state index contributed by atoms with van der Waals surface area (Å²) in [5, 5.41) is 0. The Balaban J connectivity index is 0.000000231. The topological polar surface area (TPSA) is 0 Å². The fraction of sp³-hybridized carbons (Fsp3) is 1.00. The van der Waals surface area contributed by atoms with Crippen LogP contribution in [0, 0.1) is 17.8 Å². The van der Waals surface area contributed by atoms with Gasteiger partial charge in [-0.05, 0) is 44.4 Å². The Hall–Kier alpha value is -0.490. The zero-order chi connectivity index (χ0) is 17.7. The lowest BCUT2D eigenvalue weighted by atomic mass is 9.80. The smallest absolute Gasteiger partial charge is 0.247 e. The number of alkyl halides is 7. The van der Waals surface area contributed by atoms with Gasteiger partial charge in [0.1, 0.15) is 6.17 Å². The standard InChI is InChI=1S/C9H15F3.C7H10F4/c1-7-2-4-8(5-3-7)9(11,12)6-10;8-6-3-1-5(2-4-6)7(9,10)11/h7-8H,2-6H2,1H3;5-6H,1-4H2. The van der Waals surface area contributed by atoms with Crippen molar-refractivity contribution in [1.29, 1.82) is 0 Å². The molecule has 2 rings (SSSR count). The van der Waals surface area contributed by atoms with E-state index in [-0.39, 0.29) is 25.7 Å². The number of halogens is 7. The van der Waals surface area contributed by atoms with Crippen molar-refractivity contribution in [2.45, 2.75) is 76.6 Å². The van der Waals surface area contributed by atoms with Gasteiger partial charge in [-0.15, -0.1) is 0 Å². The molecule has 2 saturated carbocycles. The molecule has 0 aromatic carbocycles. The third-order valence-electron chi connectivity index (χ3n) is 4.91. The summed E-state index contributed by atoms with van der Waals surface area (Å²) in [6.07, 6.45) is -2.44. The first kappa shape index (κ1) is 20.6. The van der Waals surface area contributed by atoms with E-state index >= 15 is 0 Å². The van der Waals surface area contributed by atoms with Crippen molar-refractivity contribution in [3.63, 3.8) is 0 Å². The van der Waals surface area contributed by atoms with Gasteiger partial charge in [0.15, 0.2) is 6.67 Å². The van der Waals surface area contributed by atoms with Gasteiger partial charge in [0, 0.05) is 5.92 Å². The molecule has 2 aliphatic carbocycles. The van der Waals surface area contributed by atoms with Gasteiger partial charge in [0.05, 0.1) is 5.92 Å². The highest BCUT2D eigenvalue weighted by atomic mass is 19.4. The average molecular weight is 350 g/mol. The van der Waals surface area contributed by atoms with Crippen LogP contribution in [0.2, 0.25) is 0 Å². The molecule has 0 spiro atoms. The van der Waals surface area contributed by atoms with E-state index in [1.807, 2.05) is 0 Å². The van der Waals surface area contributed by atoms with Gasteiger partial charge in [-0.25, -0.2) is 17.6 Å². The van der Waals surface area contributed by atoms with Crippen molar-refractivity contribution in [3.05, 3.63) is 0 Å². The Labute approximate surface area is 132 Å². The van der Waals surface area contributed by atoms with Crippen LogP contribution in [0.3, 0.4) is 0 Å². The number of hydrogen-bond donors (Lipinski definition) is 0. The highest BCUT2D eigenvalue weighted by Gasteiger charge is 2.41. The maximum atomic E-state index is 12.8. The lowest BCUT2D eigenvalue weighted by molar-refractivity contribution is -0.184. The average Bonchev–Trinajstić information content (AvgIpc) is 2.48. The Bertz CT molecular complexity index is 324. The third kappa shape index (κ3) is 6.87. The van der Waals surface area contributed by atoms with Gasteiger partial charge in [-0.1, -0.05) is 19.8 Å². The minimum absolute atomic E-state index is 0.0370. The van der Waals surface area contributed by atoms with Gasteiger partial charge in [0.2, 0.25) is 0 Å². The van der Waals surface area contributed by atoms with E-state index in [0.717, 1.165) is 12.8 Å². The van der Waals surface area contributed by atoms with E-state index in [4.69, 9.17) is 0 Å². The van der Waals surface area contributed by atoms with Gasteiger partial charge in [0.25, 0.3) is 5.92 Å². The summed E-state index contributed by atoms with van der Waals surface area (Å²) in [6, 6.07) is 0. The molecule has 7 heteroatoms. The van der Waals surface area contributed by atoms with Crippen LogP contribution >= 0.6 is 0 Å². The van der Waals surface area contributed by atoms with E-state index in [9.17, 15) is 30.7 Å². The van der Waals surface area contributed by atoms with Crippen molar-refractivity contribution in [1.82, 2.24) is 0 Å². The Morgan fingerprint density at radius 2 is 1.17 bits per heavy atom. The van der Waals surface area contributed by atoms with Crippen LogP contribution in [0.25, 0.3) is 0 Å². The van der Waals surface area contributed by atoms with Gasteiger partial charge in [-0.2, -0.15) is 13.2 Å². The summed E-state index contributed by atoms with van der Waals surface area (Å²) in [5.41, 5.74) is 0. The summed E-state index contributed by atoms with van der Waals surface area (Å²) in [6.45, 7) is 0.565. The molecular weight excluding hydrogens is 325 g/mol. The Morgan fingerprint density at radius 1 is 0.739 bits per heavy atom. The van der Waals surface area contributed by atoms with E-state index in [1.54, 1.807) is 0 Å². The second-order valence-corrected chi connectivity index (χ2v) is 6.84. The maximum Gasteiger partial charge on any atom is 0.391 e. The van der Waals surface area contributed by atoms with Crippen LogP contribution in [-0.2, 0) is 0 Å². The van der Waals surface area contributed by atoms with Crippen LogP contribution in [0.4, 0.5) is 30.7 Å². The molecule has 0 saturated heterocycles. The fourth-order valence-corrected chi connectivity index (χ4v) is 3.17. The maximum absolute atomic E-state index is 12.8. The molecule has 0 unspecified atom stereocenters. The van der Waals surface area contributed by atoms with Crippen LogP contribution < -0.4 is 0 Å². The third-order valence-corrected chi connectivity index (χ3v) is 4.91. The Kier molecular flexibility index (Phi) is 7.65. The second-order valence-electron chi connectivity index (χ2n) is 6.84. The Morgan fingerprint density at radius 3 is 1.57 bits per heavy atom. The first-order valence-corrected chi connectivity index (χ1v) is 8.20. The lowest BCUT2D eigenvalue weighted by Crippen LogP contribution is -2.33. The van der Waals surface area contributed by atoms with Crippen LogP contribution in [0.1, 0.15) is 58.3 Å². The minimum atomic E-state index is -4.11. The summed E-state index contributed by atoms with van der Waals surface area (Å²) >= 11 is 0. The molecule has 0 radical (unpaired) electrons. The molecule has 2 aliphatic rings. The van der Waals surface area contributed by atoms with Gasteiger partial charge >= 0.3 is 6.18 Å². The monoisotopic (exact) mass is 350 g/mol. The normalized spacial score (nSPS) is 32.9. The van der Waals surface area contributed by atoms with E-state index in [2.05, 4.69) is 6.92 Å². The number of hydrogen-bond acceptors (Lipinski definition) is 0. The molecule has 0 aromatic heterocycles. The summed E-state index contributed by atoms with van der Waals surface area (Å²) < 4.78 is 85.7. The zero-order valence-corrected chi connectivity index (χ0v) is 13.3. The molecule has 23 heavy (non-hydrogen) atoms. The predicted octanol–water partition coefficient (Wildman–Crippen LogP) is 6.49. The van der Waals surface area contributed by atoms with Crippen LogP contribution in [-0.4, -0.2) is 24.9 Å². The lowest BCUT2D eigenvalue weighted by Gasteiger charge is -2.30.